The van der Waals surface area contributed by atoms with Crippen LogP contribution in [0.4, 0.5) is 14.5 Å². The molecule has 0 saturated heterocycles. The number of halogens is 2. The maximum atomic E-state index is 13.5. The first-order valence-electron chi connectivity index (χ1n) is 4.92. The van der Waals surface area contributed by atoms with Crippen molar-refractivity contribution in [2.45, 2.75) is 13.3 Å². The number of ketones is 1. The van der Waals surface area contributed by atoms with Crippen LogP contribution in [0.2, 0.25) is 0 Å². The highest BCUT2D eigenvalue weighted by Gasteiger charge is 2.39. The number of Topliss-reactive ketones (excluding diaryl/α,β-unsaturated/α-hetero) is 1. The number of fused-ring (bicyclic) bond motifs is 1. The molecule has 0 atom stereocenters. The summed E-state index contributed by atoms with van der Waals surface area (Å²) in [7, 11) is 0. The van der Waals surface area contributed by atoms with E-state index in [-0.39, 0.29) is 12.2 Å². The molecule has 1 aliphatic rings. The molecule has 1 aromatic carbocycles. The highest BCUT2D eigenvalue weighted by molar-refractivity contribution is 6.52. The molecule has 0 aliphatic carbocycles. The van der Waals surface area contributed by atoms with Gasteiger partial charge in [0.05, 0.1) is 11.3 Å². The van der Waals surface area contributed by atoms with Gasteiger partial charge in [-0.15, -0.1) is 0 Å². The van der Waals surface area contributed by atoms with Gasteiger partial charge in [0, 0.05) is 6.54 Å². The highest BCUT2D eigenvalue weighted by Crippen LogP contribution is 2.33. The van der Waals surface area contributed by atoms with Gasteiger partial charge >= 0.3 is 0 Å². The number of amides is 1. The number of rotatable bonds is 2. The molecular formula is C11H9F2NO2. The van der Waals surface area contributed by atoms with Gasteiger partial charge in [-0.2, -0.15) is 0 Å². The van der Waals surface area contributed by atoms with Gasteiger partial charge in [0.25, 0.3) is 11.7 Å². The Hall–Kier alpha value is -1.78. The van der Waals surface area contributed by atoms with E-state index in [4.69, 9.17) is 0 Å². The van der Waals surface area contributed by atoms with Crippen molar-refractivity contribution in [1.29, 1.82) is 0 Å². The van der Waals surface area contributed by atoms with Crippen molar-refractivity contribution in [3.8, 4) is 0 Å². The van der Waals surface area contributed by atoms with Crippen LogP contribution in [-0.2, 0) is 4.79 Å². The average Bonchev–Trinajstić information content (AvgIpc) is 2.50. The predicted octanol–water partition coefficient (Wildman–Crippen LogP) is 1.90. The van der Waals surface area contributed by atoms with Gasteiger partial charge in [0.15, 0.2) is 0 Å². The minimum atomic E-state index is -0.972. The van der Waals surface area contributed by atoms with Crippen LogP contribution >= 0.6 is 0 Å². The topological polar surface area (TPSA) is 37.4 Å². The highest BCUT2D eigenvalue weighted by atomic mass is 19.1. The van der Waals surface area contributed by atoms with Crippen LogP contribution in [0.15, 0.2) is 12.1 Å². The van der Waals surface area contributed by atoms with Crippen molar-refractivity contribution in [3.63, 3.8) is 0 Å². The zero-order chi connectivity index (χ0) is 11.9. The molecule has 2 rings (SSSR count). The predicted molar refractivity (Wildman–Crippen MR) is 53.3 cm³/mol. The standard InChI is InChI=1S/C11H9F2NO2/c1-2-5-14-9-7(13)4-3-6(12)8(9)10(15)11(14)16/h3-4H,2,5H2,1H3. The van der Waals surface area contributed by atoms with Gasteiger partial charge in [-0.25, -0.2) is 8.78 Å². The molecule has 16 heavy (non-hydrogen) atoms. The molecular weight excluding hydrogens is 216 g/mol. The van der Waals surface area contributed by atoms with Crippen molar-refractivity contribution < 1.29 is 18.4 Å². The van der Waals surface area contributed by atoms with Crippen molar-refractivity contribution in [1.82, 2.24) is 0 Å². The monoisotopic (exact) mass is 225 g/mol. The van der Waals surface area contributed by atoms with E-state index in [9.17, 15) is 18.4 Å². The number of benzene rings is 1. The maximum absolute atomic E-state index is 13.5. The lowest BCUT2D eigenvalue weighted by Crippen LogP contribution is -2.30. The van der Waals surface area contributed by atoms with Crippen molar-refractivity contribution in [2.24, 2.45) is 0 Å². The van der Waals surface area contributed by atoms with E-state index < -0.39 is 28.9 Å². The zero-order valence-electron chi connectivity index (χ0n) is 8.59. The summed E-state index contributed by atoms with van der Waals surface area (Å²) in [5.74, 6) is -3.43. The van der Waals surface area contributed by atoms with Crippen LogP contribution in [0.3, 0.4) is 0 Å². The Balaban J connectivity index is 2.64. The number of hydrogen-bond acceptors (Lipinski definition) is 2. The van der Waals surface area contributed by atoms with E-state index in [1.165, 1.54) is 0 Å². The number of anilines is 1. The largest absolute Gasteiger partial charge is 0.302 e. The van der Waals surface area contributed by atoms with Crippen molar-refractivity contribution in [3.05, 3.63) is 29.3 Å². The number of nitrogens with zero attached hydrogens (tertiary/aromatic N) is 1. The third-order valence-electron chi connectivity index (χ3n) is 2.46. The summed E-state index contributed by atoms with van der Waals surface area (Å²) in [5, 5.41) is 0. The SMILES string of the molecule is CCCN1C(=O)C(=O)c2c(F)ccc(F)c21. The van der Waals surface area contributed by atoms with Crippen LogP contribution in [-0.4, -0.2) is 18.2 Å². The minimum absolute atomic E-state index is 0.206. The van der Waals surface area contributed by atoms with Crippen molar-refractivity contribution in [2.75, 3.05) is 11.4 Å². The first-order chi connectivity index (χ1) is 7.57. The molecule has 1 aromatic rings. The van der Waals surface area contributed by atoms with Crippen LogP contribution in [0.5, 0.6) is 0 Å². The molecule has 0 radical (unpaired) electrons. The van der Waals surface area contributed by atoms with Gasteiger partial charge in [-0.05, 0) is 18.6 Å². The zero-order valence-corrected chi connectivity index (χ0v) is 8.59. The summed E-state index contributed by atoms with van der Waals surface area (Å²) in [5.41, 5.74) is -0.671. The lowest BCUT2D eigenvalue weighted by Gasteiger charge is -2.15. The molecule has 84 valence electrons. The fraction of sp³-hybridized carbons (Fsp3) is 0.273. The Morgan fingerprint density at radius 3 is 2.44 bits per heavy atom. The summed E-state index contributed by atoms with van der Waals surface area (Å²) in [6.45, 7) is 1.99. The molecule has 0 aromatic heterocycles. The Morgan fingerprint density at radius 2 is 1.81 bits per heavy atom. The maximum Gasteiger partial charge on any atom is 0.299 e. The second-order valence-electron chi connectivity index (χ2n) is 3.54. The molecule has 0 N–H and O–H groups in total. The number of carbonyl (C=O) groups excluding carboxylic acids is 2. The van der Waals surface area contributed by atoms with Gasteiger partial charge < -0.3 is 4.90 Å². The molecule has 0 fully saturated rings. The van der Waals surface area contributed by atoms with Gasteiger partial charge in [0.2, 0.25) is 0 Å². The second kappa shape index (κ2) is 3.66. The van der Waals surface area contributed by atoms with Crippen molar-refractivity contribution >= 4 is 17.4 Å². The van der Waals surface area contributed by atoms with Gasteiger partial charge in [-0.3, -0.25) is 9.59 Å². The Labute approximate surface area is 90.7 Å². The molecule has 5 heteroatoms. The Kier molecular flexibility index (Phi) is 2.46. The van der Waals surface area contributed by atoms with E-state index in [0.29, 0.717) is 6.42 Å². The summed E-state index contributed by atoms with van der Waals surface area (Å²) >= 11 is 0. The fourth-order valence-electron chi connectivity index (χ4n) is 1.79. The normalized spacial score (nSPS) is 14.6. The van der Waals surface area contributed by atoms with Gasteiger partial charge in [-0.1, -0.05) is 6.92 Å². The number of carbonyl (C=O) groups is 2. The second-order valence-corrected chi connectivity index (χ2v) is 3.54. The van der Waals surface area contributed by atoms with E-state index in [0.717, 1.165) is 17.0 Å². The first-order valence-corrected chi connectivity index (χ1v) is 4.92. The third-order valence-corrected chi connectivity index (χ3v) is 2.46. The smallest absolute Gasteiger partial charge is 0.299 e. The van der Waals surface area contributed by atoms with Crippen LogP contribution in [0.1, 0.15) is 23.7 Å². The minimum Gasteiger partial charge on any atom is -0.302 e. The Morgan fingerprint density at radius 1 is 1.19 bits per heavy atom. The first kappa shape index (κ1) is 10.7. The number of hydrogen-bond donors (Lipinski definition) is 0. The van der Waals surface area contributed by atoms with E-state index in [1.807, 2.05) is 0 Å². The van der Waals surface area contributed by atoms with Gasteiger partial charge in [0.1, 0.15) is 11.6 Å². The molecule has 0 bridgehead atoms. The van der Waals surface area contributed by atoms with E-state index in [2.05, 4.69) is 0 Å². The fourth-order valence-corrected chi connectivity index (χ4v) is 1.79. The summed E-state index contributed by atoms with van der Waals surface area (Å²) in [6, 6.07) is 1.78. The Bertz CT molecular complexity index is 485. The molecule has 0 unspecified atom stereocenters. The van der Waals surface area contributed by atoms with Crippen LogP contribution < -0.4 is 4.90 Å². The third kappa shape index (κ3) is 1.31. The van der Waals surface area contributed by atoms with E-state index in [1.54, 1.807) is 6.92 Å². The van der Waals surface area contributed by atoms with Crippen LogP contribution in [0.25, 0.3) is 0 Å². The lowest BCUT2D eigenvalue weighted by atomic mass is 10.1. The summed E-state index contributed by atoms with van der Waals surface area (Å²) in [6.07, 6.45) is 0.564. The average molecular weight is 225 g/mol. The summed E-state index contributed by atoms with van der Waals surface area (Å²) < 4.78 is 26.8. The quantitative estimate of drug-likeness (QED) is 0.721. The summed E-state index contributed by atoms with van der Waals surface area (Å²) in [4.78, 5) is 24.0. The molecule has 1 heterocycles. The molecule has 1 amide bonds. The van der Waals surface area contributed by atoms with Crippen LogP contribution in [0, 0.1) is 11.6 Å². The van der Waals surface area contributed by atoms with E-state index >= 15 is 0 Å². The molecule has 1 aliphatic heterocycles. The molecule has 0 saturated carbocycles. The lowest BCUT2D eigenvalue weighted by molar-refractivity contribution is -0.114. The molecule has 0 spiro atoms. The molecule has 3 nitrogen and oxygen atoms in total.